The van der Waals surface area contributed by atoms with Crippen molar-refractivity contribution in [3.63, 3.8) is 0 Å². The van der Waals surface area contributed by atoms with Crippen LogP contribution in [0.1, 0.15) is 25.3 Å². The molecule has 2 rings (SSSR count). The third kappa shape index (κ3) is 4.33. The molecule has 0 aliphatic rings. The number of nitrogens with zero attached hydrogens (tertiary/aromatic N) is 2. The third-order valence-corrected chi connectivity index (χ3v) is 4.41. The van der Waals surface area contributed by atoms with Crippen molar-refractivity contribution in [3.05, 3.63) is 57.8 Å². The first kappa shape index (κ1) is 17.5. The van der Waals surface area contributed by atoms with Crippen LogP contribution in [-0.4, -0.2) is 17.1 Å². The van der Waals surface area contributed by atoms with Crippen molar-refractivity contribution < 1.29 is 9.53 Å². The van der Waals surface area contributed by atoms with Crippen LogP contribution in [-0.2, 0) is 16.1 Å². The van der Waals surface area contributed by atoms with Crippen molar-refractivity contribution in [3.8, 4) is 0 Å². The normalized spacial score (nSPS) is 12.9. The van der Waals surface area contributed by atoms with Gasteiger partial charge in [0.05, 0.1) is 23.2 Å². The topological polar surface area (TPSA) is 43.6 Å². The summed E-state index contributed by atoms with van der Waals surface area (Å²) in [6.45, 7) is 8.39. The molecule has 1 aromatic heterocycles. The second kappa shape index (κ2) is 8.13. The minimum absolute atomic E-state index is 0.254. The van der Waals surface area contributed by atoms with E-state index < -0.39 is 0 Å². The molecule has 0 aliphatic carbocycles. The molecule has 4 nitrogen and oxygen atoms in total. The van der Waals surface area contributed by atoms with E-state index in [1.807, 2.05) is 34.4 Å². The maximum Gasteiger partial charge on any atom is 0.313 e. The van der Waals surface area contributed by atoms with Crippen molar-refractivity contribution in [2.75, 3.05) is 6.61 Å². The number of aromatic nitrogens is 1. The van der Waals surface area contributed by atoms with Gasteiger partial charge in [-0.05, 0) is 31.5 Å². The van der Waals surface area contributed by atoms with Crippen LogP contribution in [0.15, 0.2) is 47.4 Å². The van der Waals surface area contributed by atoms with Crippen LogP contribution in [0, 0.1) is 0 Å². The summed E-state index contributed by atoms with van der Waals surface area (Å²) in [5.74, 6) is -0.607. The van der Waals surface area contributed by atoms with Crippen molar-refractivity contribution in [2.45, 2.75) is 26.3 Å². The van der Waals surface area contributed by atoms with E-state index in [1.54, 1.807) is 19.9 Å². The first-order valence-corrected chi connectivity index (χ1v) is 8.58. The van der Waals surface area contributed by atoms with Crippen LogP contribution >= 0.6 is 22.9 Å². The van der Waals surface area contributed by atoms with E-state index in [0.717, 1.165) is 10.4 Å². The molecule has 0 fully saturated rings. The van der Waals surface area contributed by atoms with E-state index in [1.165, 1.54) is 11.3 Å². The predicted molar refractivity (Wildman–Crippen MR) is 94.2 cm³/mol. The van der Waals surface area contributed by atoms with Crippen LogP contribution in [0.25, 0.3) is 0 Å². The second-order valence-electron chi connectivity index (χ2n) is 4.92. The molecule has 0 spiro atoms. The monoisotopic (exact) mass is 350 g/mol. The van der Waals surface area contributed by atoms with E-state index in [9.17, 15) is 4.79 Å². The molecule has 122 valence electrons. The van der Waals surface area contributed by atoms with Gasteiger partial charge in [-0.25, -0.2) is 4.99 Å². The van der Waals surface area contributed by atoms with Crippen LogP contribution < -0.4 is 4.80 Å². The molecule has 0 saturated carbocycles. The fourth-order valence-corrected chi connectivity index (χ4v) is 3.04. The van der Waals surface area contributed by atoms with E-state index in [-0.39, 0.29) is 11.9 Å². The van der Waals surface area contributed by atoms with Crippen LogP contribution in [0.2, 0.25) is 5.02 Å². The van der Waals surface area contributed by atoms with Gasteiger partial charge < -0.3 is 9.30 Å². The highest BCUT2D eigenvalue weighted by Crippen LogP contribution is 2.29. The van der Waals surface area contributed by atoms with Crippen LogP contribution in [0.3, 0.4) is 0 Å². The van der Waals surface area contributed by atoms with Gasteiger partial charge in [0.15, 0.2) is 4.80 Å². The maximum atomic E-state index is 11.8. The Hall–Kier alpha value is -1.85. The van der Waals surface area contributed by atoms with Crippen molar-refractivity contribution >= 4 is 34.6 Å². The molecule has 1 aromatic carbocycles. The Morgan fingerprint density at radius 2 is 2.35 bits per heavy atom. The highest BCUT2D eigenvalue weighted by molar-refractivity contribution is 7.07. The maximum absolute atomic E-state index is 11.8. The number of carbonyl (C=O) groups is 1. The molecule has 0 saturated heterocycles. The lowest BCUT2D eigenvalue weighted by atomic mass is 10.0. The number of benzene rings is 1. The van der Waals surface area contributed by atoms with Gasteiger partial charge in [0, 0.05) is 18.1 Å². The first-order valence-electron chi connectivity index (χ1n) is 7.32. The fraction of sp³-hybridized carbons (Fsp3) is 0.294. The fourth-order valence-electron chi connectivity index (χ4n) is 2.05. The Morgan fingerprint density at radius 3 is 3.00 bits per heavy atom. The Balaban J connectivity index is 2.31. The quantitative estimate of drug-likeness (QED) is 0.576. The number of ether oxygens (including phenoxy) is 1. The number of thiazole rings is 1. The zero-order valence-electron chi connectivity index (χ0n) is 13.2. The average molecular weight is 351 g/mol. The van der Waals surface area contributed by atoms with Gasteiger partial charge in [0.2, 0.25) is 0 Å². The molecular weight excluding hydrogens is 332 g/mol. The van der Waals surface area contributed by atoms with Gasteiger partial charge in [-0.1, -0.05) is 23.7 Å². The molecule has 0 aliphatic heterocycles. The Labute approximate surface area is 144 Å². The number of hydrogen-bond donors (Lipinski definition) is 0. The zero-order valence-corrected chi connectivity index (χ0v) is 14.7. The minimum atomic E-state index is -0.353. The molecule has 0 bridgehead atoms. The van der Waals surface area contributed by atoms with Crippen molar-refractivity contribution in [2.24, 2.45) is 4.99 Å². The average Bonchev–Trinajstić information content (AvgIpc) is 2.96. The number of rotatable bonds is 6. The summed E-state index contributed by atoms with van der Waals surface area (Å²) >= 11 is 7.86. The smallest absolute Gasteiger partial charge is 0.313 e. The van der Waals surface area contributed by atoms with Crippen LogP contribution in [0.5, 0.6) is 0 Å². The number of hydrogen-bond acceptors (Lipinski definition) is 4. The number of allylic oxidation sites excluding steroid dienone is 1. The number of esters is 1. The summed E-state index contributed by atoms with van der Waals surface area (Å²) in [4.78, 5) is 17.2. The van der Waals surface area contributed by atoms with Gasteiger partial charge in [-0.2, -0.15) is 0 Å². The molecule has 2 aromatic rings. The molecule has 0 amide bonds. The van der Waals surface area contributed by atoms with Gasteiger partial charge in [0.1, 0.15) is 0 Å². The molecular formula is C17H19ClN2O2S. The van der Waals surface area contributed by atoms with Gasteiger partial charge in [-0.15, -0.1) is 17.9 Å². The van der Waals surface area contributed by atoms with Gasteiger partial charge in [0.25, 0.3) is 0 Å². The molecule has 1 heterocycles. The summed E-state index contributed by atoms with van der Waals surface area (Å²) in [5, 5.41) is 2.48. The molecule has 1 unspecified atom stereocenters. The SMILES string of the molecule is C=CCn1ccs/c1=N\c1ccc(C(C)C(=O)OCC)cc1Cl. The molecule has 1 atom stereocenters. The highest BCUT2D eigenvalue weighted by Gasteiger charge is 2.17. The Kier molecular flexibility index (Phi) is 6.19. The largest absolute Gasteiger partial charge is 0.466 e. The van der Waals surface area contributed by atoms with E-state index >= 15 is 0 Å². The molecule has 0 radical (unpaired) electrons. The summed E-state index contributed by atoms with van der Waals surface area (Å²) in [6, 6.07) is 5.45. The Morgan fingerprint density at radius 1 is 1.57 bits per heavy atom. The lowest BCUT2D eigenvalue weighted by Crippen LogP contribution is -2.13. The molecule has 0 N–H and O–H groups in total. The molecule has 6 heteroatoms. The lowest BCUT2D eigenvalue weighted by molar-refractivity contribution is -0.144. The van der Waals surface area contributed by atoms with Gasteiger partial charge >= 0.3 is 5.97 Å². The van der Waals surface area contributed by atoms with Crippen LogP contribution in [0.4, 0.5) is 5.69 Å². The third-order valence-electron chi connectivity index (χ3n) is 3.31. The van der Waals surface area contributed by atoms with Gasteiger partial charge in [-0.3, -0.25) is 4.79 Å². The highest BCUT2D eigenvalue weighted by atomic mass is 35.5. The second-order valence-corrected chi connectivity index (χ2v) is 6.20. The summed E-state index contributed by atoms with van der Waals surface area (Å²) in [6.07, 6.45) is 3.77. The summed E-state index contributed by atoms with van der Waals surface area (Å²) in [7, 11) is 0. The van der Waals surface area contributed by atoms with Crippen molar-refractivity contribution in [1.82, 2.24) is 4.57 Å². The number of halogens is 1. The zero-order chi connectivity index (χ0) is 16.8. The minimum Gasteiger partial charge on any atom is -0.466 e. The number of carbonyl (C=O) groups excluding carboxylic acids is 1. The molecule has 23 heavy (non-hydrogen) atoms. The van der Waals surface area contributed by atoms with Crippen molar-refractivity contribution in [1.29, 1.82) is 0 Å². The van der Waals surface area contributed by atoms with E-state index in [4.69, 9.17) is 16.3 Å². The predicted octanol–water partition coefficient (Wildman–Crippen LogP) is 4.29. The summed E-state index contributed by atoms with van der Waals surface area (Å²) in [5.41, 5.74) is 1.49. The summed E-state index contributed by atoms with van der Waals surface area (Å²) < 4.78 is 7.03. The van der Waals surface area contributed by atoms with E-state index in [2.05, 4.69) is 11.6 Å². The first-order chi connectivity index (χ1) is 11.1. The lowest BCUT2D eigenvalue weighted by Gasteiger charge is -2.11. The standard InChI is InChI=1S/C17H19ClN2O2S/c1-4-8-20-9-10-23-17(20)19-15-7-6-13(11-14(15)18)12(3)16(21)22-5-2/h4,6-7,9-12H,1,5,8H2,2-3H3/b19-17-. The van der Waals surface area contributed by atoms with E-state index in [0.29, 0.717) is 23.9 Å². The Bertz CT molecular complexity index is 764.